The Labute approximate surface area is 176 Å². The smallest absolute Gasteiger partial charge is 0.229 e. The van der Waals surface area contributed by atoms with Crippen LogP contribution in [0.3, 0.4) is 0 Å². The Hall–Kier alpha value is -2.24. The summed E-state index contributed by atoms with van der Waals surface area (Å²) in [5.41, 5.74) is 3.67. The number of piperazine rings is 1. The van der Waals surface area contributed by atoms with E-state index in [2.05, 4.69) is 23.1 Å². The van der Waals surface area contributed by atoms with E-state index in [9.17, 15) is 4.79 Å². The lowest BCUT2D eigenvalue weighted by atomic mass is 9.95. The predicted molar refractivity (Wildman–Crippen MR) is 112 cm³/mol. The molecule has 1 amide bonds. The Kier molecular flexibility index (Phi) is 5.10. The maximum Gasteiger partial charge on any atom is 0.229 e. The van der Waals surface area contributed by atoms with Gasteiger partial charge in [0.1, 0.15) is 18.1 Å². The van der Waals surface area contributed by atoms with E-state index in [4.69, 9.17) is 21.1 Å². The second-order valence-corrected chi connectivity index (χ2v) is 8.54. The molecule has 1 fully saturated rings. The van der Waals surface area contributed by atoms with Gasteiger partial charge in [-0.05, 0) is 47.4 Å². The third kappa shape index (κ3) is 3.94. The predicted octanol–water partition coefficient (Wildman–Crippen LogP) is 3.17. The van der Waals surface area contributed by atoms with E-state index < -0.39 is 0 Å². The van der Waals surface area contributed by atoms with Gasteiger partial charge in [-0.3, -0.25) is 9.69 Å². The second-order valence-electron chi connectivity index (χ2n) is 8.11. The van der Waals surface area contributed by atoms with Gasteiger partial charge >= 0.3 is 0 Å². The number of hydrogen-bond acceptors (Lipinski definition) is 4. The molecule has 0 radical (unpaired) electrons. The number of carbonyl (C=O) groups excluding carboxylic acids is 1. The molecule has 0 unspecified atom stereocenters. The van der Waals surface area contributed by atoms with Crippen LogP contribution < -0.4 is 9.47 Å². The summed E-state index contributed by atoms with van der Waals surface area (Å²) >= 11 is 6.10. The molecule has 3 aliphatic heterocycles. The SMILES string of the molecule is O=C([C@@H]1COc2ccc(Cl)cc2C1)N1CCN(Cc2ccc3c(c2)CCO3)CC1. The highest BCUT2D eigenvalue weighted by Crippen LogP contribution is 2.31. The minimum Gasteiger partial charge on any atom is -0.493 e. The van der Waals surface area contributed by atoms with Crippen LogP contribution in [0, 0.1) is 5.92 Å². The van der Waals surface area contributed by atoms with Crippen LogP contribution >= 0.6 is 11.6 Å². The third-order valence-electron chi connectivity index (χ3n) is 6.12. The van der Waals surface area contributed by atoms with Crippen molar-refractivity contribution in [2.45, 2.75) is 19.4 Å². The first kappa shape index (κ1) is 18.8. The molecule has 3 heterocycles. The lowest BCUT2D eigenvalue weighted by Crippen LogP contribution is -2.51. The van der Waals surface area contributed by atoms with Crippen molar-refractivity contribution < 1.29 is 14.3 Å². The number of amides is 1. The van der Waals surface area contributed by atoms with Crippen molar-refractivity contribution in [3.63, 3.8) is 0 Å². The van der Waals surface area contributed by atoms with E-state index in [1.807, 2.05) is 23.1 Å². The first-order valence-corrected chi connectivity index (χ1v) is 10.7. The van der Waals surface area contributed by atoms with Crippen LogP contribution in [-0.2, 0) is 24.2 Å². The van der Waals surface area contributed by atoms with Crippen LogP contribution in [-0.4, -0.2) is 55.1 Å². The Balaban J connectivity index is 1.16. The topological polar surface area (TPSA) is 42.0 Å². The van der Waals surface area contributed by atoms with Gasteiger partial charge in [0.05, 0.1) is 12.5 Å². The molecular weight excluding hydrogens is 388 g/mol. The maximum atomic E-state index is 13.0. The van der Waals surface area contributed by atoms with Crippen molar-refractivity contribution in [1.82, 2.24) is 9.80 Å². The van der Waals surface area contributed by atoms with Crippen LogP contribution in [0.1, 0.15) is 16.7 Å². The van der Waals surface area contributed by atoms with Crippen LogP contribution in [0.5, 0.6) is 11.5 Å². The molecule has 1 saturated heterocycles. The summed E-state index contributed by atoms with van der Waals surface area (Å²) < 4.78 is 11.4. The number of carbonyl (C=O) groups is 1. The fourth-order valence-corrected chi connectivity index (χ4v) is 4.70. The average molecular weight is 413 g/mol. The molecule has 0 spiro atoms. The van der Waals surface area contributed by atoms with Gasteiger partial charge in [-0.25, -0.2) is 0 Å². The Morgan fingerprint density at radius 1 is 1.00 bits per heavy atom. The minimum absolute atomic E-state index is 0.121. The van der Waals surface area contributed by atoms with Gasteiger partial charge < -0.3 is 14.4 Å². The summed E-state index contributed by atoms with van der Waals surface area (Å²) in [5.74, 6) is 1.96. The number of ether oxygens (including phenoxy) is 2. The molecule has 0 aromatic heterocycles. The van der Waals surface area contributed by atoms with Crippen molar-refractivity contribution in [2.75, 3.05) is 39.4 Å². The van der Waals surface area contributed by atoms with Crippen molar-refractivity contribution in [2.24, 2.45) is 5.92 Å². The minimum atomic E-state index is -0.121. The molecule has 0 saturated carbocycles. The molecule has 3 aliphatic rings. The zero-order chi connectivity index (χ0) is 19.8. The number of benzene rings is 2. The van der Waals surface area contributed by atoms with Crippen LogP contribution in [0.4, 0.5) is 0 Å². The van der Waals surface area contributed by atoms with E-state index >= 15 is 0 Å². The summed E-state index contributed by atoms with van der Waals surface area (Å²) in [7, 11) is 0. The van der Waals surface area contributed by atoms with Gasteiger partial charge in [-0.1, -0.05) is 23.7 Å². The Morgan fingerprint density at radius 2 is 1.79 bits per heavy atom. The summed E-state index contributed by atoms with van der Waals surface area (Å²) in [6, 6.07) is 12.1. The fourth-order valence-electron chi connectivity index (χ4n) is 4.50. The quantitative estimate of drug-likeness (QED) is 0.776. The number of hydrogen-bond donors (Lipinski definition) is 0. The van der Waals surface area contributed by atoms with E-state index in [0.29, 0.717) is 18.1 Å². The molecule has 0 bridgehead atoms. The lowest BCUT2D eigenvalue weighted by molar-refractivity contribution is -0.138. The molecule has 0 N–H and O–H groups in total. The Morgan fingerprint density at radius 3 is 2.66 bits per heavy atom. The summed E-state index contributed by atoms with van der Waals surface area (Å²) in [5, 5.41) is 0.687. The Bertz CT molecular complexity index is 924. The molecule has 2 aromatic carbocycles. The second kappa shape index (κ2) is 7.88. The van der Waals surface area contributed by atoms with Gasteiger partial charge in [-0.15, -0.1) is 0 Å². The van der Waals surface area contributed by atoms with Gasteiger partial charge in [0.25, 0.3) is 0 Å². The molecule has 29 heavy (non-hydrogen) atoms. The first-order valence-electron chi connectivity index (χ1n) is 10.3. The number of nitrogens with zero attached hydrogens (tertiary/aromatic N) is 2. The summed E-state index contributed by atoms with van der Waals surface area (Å²) in [4.78, 5) is 17.4. The van der Waals surface area contributed by atoms with Crippen molar-refractivity contribution in [3.8, 4) is 11.5 Å². The van der Waals surface area contributed by atoms with E-state index in [1.54, 1.807) is 0 Å². The largest absolute Gasteiger partial charge is 0.493 e. The van der Waals surface area contributed by atoms with Gasteiger partial charge in [0, 0.05) is 44.2 Å². The molecule has 5 nitrogen and oxygen atoms in total. The highest BCUT2D eigenvalue weighted by Gasteiger charge is 2.31. The standard InChI is InChI=1S/C23H25ClN2O3/c24-20-2-4-22-18(13-20)12-19(15-29-22)23(27)26-8-6-25(7-9-26)14-16-1-3-21-17(11-16)5-10-28-21/h1-4,11,13,19H,5-10,12,14-15H2/t19-/m0/s1. The third-order valence-corrected chi connectivity index (χ3v) is 6.36. The van der Waals surface area contributed by atoms with E-state index in [1.165, 1.54) is 11.1 Å². The zero-order valence-corrected chi connectivity index (χ0v) is 17.2. The zero-order valence-electron chi connectivity index (χ0n) is 16.4. The molecule has 152 valence electrons. The summed E-state index contributed by atoms with van der Waals surface area (Å²) in [6.45, 7) is 5.50. The van der Waals surface area contributed by atoms with Crippen LogP contribution in [0.2, 0.25) is 5.02 Å². The molecule has 0 aliphatic carbocycles. The van der Waals surface area contributed by atoms with Crippen molar-refractivity contribution in [3.05, 3.63) is 58.1 Å². The number of rotatable bonds is 3. The highest BCUT2D eigenvalue weighted by atomic mass is 35.5. The van der Waals surface area contributed by atoms with E-state index in [0.717, 1.165) is 62.8 Å². The van der Waals surface area contributed by atoms with Gasteiger partial charge in [0.15, 0.2) is 0 Å². The number of fused-ring (bicyclic) bond motifs is 2. The lowest BCUT2D eigenvalue weighted by Gasteiger charge is -2.37. The van der Waals surface area contributed by atoms with Crippen LogP contribution in [0.25, 0.3) is 0 Å². The van der Waals surface area contributed by atoms with Gasteiger partial charge in [-0.2, -0.15) is 0 Å². The normalized spacial score (nSPS) is 21.1. The van der Waals surface area contributed by atoms with Crippen molar-refractivity contribution >= 4 is 17.5 Å². The van der Waals surface area contributed by atoms with Crippen LogP contribution in [0.15, 0.2) is 36.4 Å². The fraction of sp³-hybridized carbons (Fsp3) is 0.435. The molecule has 1 atom stereocenters. The monoisotopic (exact) mass is 412 g/mol. The average Bonchev–Trinajstić information content (AvgIpc) is 3.21. The van der Waals surface area contributed by atoms with E-state index in [-0.39, 0.29) is 11.8 Å². The maximum absolute atomic E-state index is 13.0. The molecule has 6 heteroatoms. The highest BCUT2D eigenvalue weighted by molar-refractivity contribution is 6.30. The molecule has 5 rings (SSSR count). The molecular formula is C23H25ClN2O3. The van der Waals surface area contributed by atoms with Gasteiger partial charge in [0.2, 0.25) is 5.91 Å². The first-order chi connectivity index (χ1) is 14.2. The number of halogens is 1. The molecule has 2 aromatic rings. The van der Waals surface area contributed by atoms with Crippen molar-refractivity contribution in [1.29, 1.82) is 0 Å². The summed E-state index contributed by atoms with van der Waals surface area (Å²) in [6.07, 6.45) is 1.70.